The molecule has 2 aromatic carbocycles. The number of thiophene rings is 1. The summed E-state index contributed by atoms with van der Waals surface area (Å²) in [5, 5.41) is 6.15. The molecule has 176 valence electrons. The Morgan fingerprint density at radius 3 is 2.44 bits per heavy atom. The number of fused-ring (bicyclic) bond motifs is 1. The fourth-order valence-corrected chi connectivity index (χ4v) is 5.39. The number of rotatable bonds is 7. The number of hydrogen-bond donors (Lipinski definition) is 3. The second kappa shape index (κ2) is 10.1. The Morgan fingerprint density at radius 1 is 1.06 bits per heavy atom. The van der Waals surface area contributed by atoms with Crippen LogP contribution in [0.3, 0.4) is 0 Å². The van der Waals surface area contributed by atoms with E-state index in [1.165, 1.54) is 11.3 Å². The van der Waals surface area contributed by atoms with E-state index in [4.69, 9.17) is 10.5 Å². The van der Waals surface area contributed by atoms with E-state index in [2.05, 4.69) is 17.6 Å². The van der Waals surface area contributed by atoms with Crippen LogP contribution in [0.2, 0.25) is 0 Å². The van der Waals surface area contributed by atoms with Crippen LogP contribution < -0.4 is 21.1 Å². The minimum Gasteiger partial charge on any atom is -0.481 e. The first-order valence-electron chi connectivity index (χ1n) is 11.2. The van der Waals surface area contributed by atoms with Crippen molar-refractivity contribution in [1.29, 1.82) is 0 Å². The monoisotopic (exact) mass is 477 g/mol. The van der Waals surface area contributed by atoms with Crippen molar-refractivity contribution < 1.29 is 19.1 Å². The normalized spacial score (nSPS) is 15.6. The second-order valence-corrected chi connectivity index (χ2v) is 9.62. The van der Waals surface area contributed by atoms with Crippen LogP contribution in [0.4, 0.5) is 10.7 Å². The van der Waals surface area contributed by atoms with Crippen LogP contribution in [0.15, 0.2) is 54.6 Å². The third-order valence-electron chi connectivity index (χ3n) is 5.83. The number of anilines is 2. The van der Waals surface area contributed by atoms with Gasteiger partial charge in [0.25, 0.3) is 17.7 Å². The lowest BCUT2D eigenvalue weighted by atomic mass is 9.88. The molecule has 1 aromatic heterocycles. The van der Waals surface area contributed by atoms with Gasteiger partial charge in [-0.15, -0.1) is 11.3 Å². The maximum atomic E-state index is 12.8. The number of nitrogens with two attached hydrogens (primary N) is 1. The molecule has 34 heavy (non-hydrogen) atoms. The Hall–Kier alpha value is -3.65. The lowest BCUT2D eigenvalue weighted by molar-refractivity contribution is -0.122. The van der Waals surface area contributed by atoms with E-state index >= 15 is 0 Å². The smallest absolute Gasteiger partial charge is 0.265 e. The topological polar surface area (TPSA) is 111 Å². The molecule has 0 radical (unpaired) electrons. The summed E-state index contributed by atoms with van der Waals surface area (Å²) in [6.45, 7) is 3.84. The molecular formula is C26H27N3O4S. The molecule has 0 spiro atoms. The van der Waals surface area contributed by atoms with Gasteiger partial charge in [-0.2, -0.15) is 0 Å². The third kappa shape index (κ3) is 5.28. The molecule has 4 N–H and O–H groups in total. The van der Waals surface area contributed by atoms with Gasteiger partial charge in [-0.3, -0.25) is 14.4 Å². The number of amides is 3. The molecule has 0 bridgehead atoms. The van der Waals surface area contributed by atoms with Crippen LogP contribution in [0, 0.1) is 5.92 Å². The molecule has 0 aliphatic heterocycles. The molecule has 8 heteroatoms. The largest absolute Gasteiger partial charge is 0.481 e. The minimum absolute atomic E-state index is 0.275. The number of ether oxygens (including phenoxy) is 1. The number of nitrogens with one attached hydrogen (secondary N) is 2. The average molecular weight is 478 g/mol. The first-order valence-corrected chi connectivity index (χ1v) is 12.0. The van der Waals surface area contributed by atoms with Gasteiger partial charge in [-0.1, -0.05) is 25.1 Å². The van der Waals surface area contributed by atoms with Gasteiger partial charge in [0.05, 0.1) is 5.56 Å². The molecule has 0 saturated heterocycles. The Bertz CT molecular complexity index is 1200. The lowest BCUT2D eigenvalue weighted by Crippen LogP contribution is -2.30. The van der Waals surface area contributed by atoms with Crippen LogP contribution in [-0.4, -0.2) is 23.8 Å². The maximum absolute atomic E-state index is 12.8. The molecule has 0 fully saturated rings. The first kappa shape index (κ1) is 23.5. The van der Waals surface area contributed by atoms with Gasteiger partial charge in [0.2, 0.25) is 0 Å². The number of para-hydroxylation sites is 1. The highest BCUT2D eigenvalue weighted by molar-refractivity contribution is 7.17. The standard InChI is InChI=1S/C26H27N3O4S/c1-15-8-13-20-21(14-15)34-26(22(20)23(27)30)29-25(32)17-9-11-19(12-10-17)33-16(2)24(31)28-18-6-4-3-5-7-18/h3-7,9-12,15-16H,8,13-14H2,1-2H3,(H2,27,30)(H,28,31)(H,29,32)/t15-,16+/m0/s1. The van der Waals surface area contributed by atoms with Crippen molar-refractivity contribution in [3.05, 3.63) is 76.2 Å². The summed E-state index contributed by atoms with van der Waals surface area (Å²) in [5.41, 5.74) is 8.13. The highest BCUT2D eigenvalue weighted by atomic mass is 32.1. The summed E-state index contributed by atoms with van der Waals surface area (Å²) < 4.78 is 5.71. The van der Waals surface area contributed by atoms with Gasteiger partial charge in [0, 0.05) is 16.1 Å². The molecule has 3 amide bonds. The van der Waals surface area contributed by atoms with Crippen molar-refractivity contribution in [1.82, 2.24) is 0 Å². The van der Waals surface area contributed by atoms with Crippen molar-refractivity contribution in [3.63, 3.8) is 0 Å². The van der Waals surface area contributed by atoms with Crippen molar-refractivity contribution in [2.24, 2.45) is 11.7 Å². The van der Waals surface area contributed by atoms with Gasteiger partial charge in [0.15, 0.2) is 6.10 Å². The van der Waals surface area contributed by atoms with E-state index in [1.807, 2.05) is 18.2 Å². The highest BCUT2D eigenvalue weighted by Gasteiger charge is 2.27. The van der Waals surface area contributed by atoms with Crippen molar-refractivity contribution in [2.45, 2.75) is 39.2 Å². The van der Waals surface area contributed by atoms with Gasteiger partial charge in [-0.05, 0) is 74.1 Å². The molecule has 3 aromatic rings. The Kier molecular flexibility index (Phi) is 6.98. The van der Waals surface area contributed by atoms with Crippen LogP contribution in [0.5, 0.6) is 5.75 Å². The van der Waals surface area contributed by atoms with E-state index in [0.717, 1.165) is 29.7 Å². The number of hydrogen-bond acceptors (Lipinski definition) is 5. The second-order valence-electron chi connectivity index (χ2n) is 8.51. The fourth-order valence-electron chi connectivity index (χ4n) is 3.98. The first-order chi connectivity index (χ1) is 16.3. The van der Waals surface area contributed by atoms with Crippen LogP contribution in [0.1, 0.15) is 51.4 Å². The summed E-state index contributed by atoms with van der Waals surface area (Å²) in [4.78, 5) is 38.4. The molecule has 0 saturated carbocycles. The van der Waals surface area contributed by atoms with Crippen molar-refractivity contribution in [3.8, 4) is 5.75 Å². The molecule has 0 unspecified atom stereocenters. The number of primary amides is 1. The van der Waals surface area contributed by atoms with Gasteiger partial charge >= 0.3 is 0 Å². The quantitative estimate of drug-likeness (QED) is 0.461. The summed E-state index contributed by atoms with van der Waals surface area (Å²) >= 11 is 1.43. The molecule has 1 heterocycles. The highest BCUT2D eigenvalue weighted by Crippen LogP contribution is 2.39. The zero-order valence-electron chi connectivity index (χ0n) is 19.1. The summed E-state index contributed by atoms with van der Waals surface area (Å²) in [7, 11) is 0. The summed E-state index contributed by atoms with van der Waals surface area (Å²) in [6.07, 6.45) is 1.96. The summed E-state index contributed by atoms with van der Waals surface area (Å²) in [6, 6.07) is 15.6. The number of carbonyl (C=O) groups excluding carboxylic acids is 3. The fraction of sp³-hybridized carbons (Fsp3) is 0.269. The Morgan fingerprint density at radius 2 is 1.76 bits per heavy atom. The third-order valence-corrected chi connectivity index (χ3v) is 6.99. The van der Waals surface area contributed by atoms with Gasteiger partial charge < -0.3 is 21.1 Å². The molecular weight excluding hydrogens is 450 g/mol. The van der Waals surface area contributed by atoms with Crippen LogP contribution in [0.25, 0.3) is 0 Å². The SMILES string of the molecule is C[C@H]1CCc2c(sc(NC(=O)c3ccc(O[C@H](C)C(=O)Nc4ccccc4)cc3)c2C(N)=O)C1. The molecule has 7 nitrogen and oxygen atoms in total. The average Bonchev–Trinajstić information content (AvgIpc) is 3.17. The molecule has 1 aliphatic carbocycles. The van der Waals surface area contributed by atoms with Crippen molar-refractivity contribution >= 4 is 39.7 Å². The van der Waals surface area contributed by atoms with E-state index in [9.17, 15) is 14.4 Å². The van der Waals surface area contributed by atoms with E-state index in [0.29, 0.717) is 33.5 Å². The minimum atomic E-state index is -0.724. The van der Waals surface area contributed by atoms with Gasteiger partial charge in [0.1, 0.15) is 10.8 Å². The maximum Gasteiger partial charge on any atom is 0.265 e. The lowest BCUT2D eigenvalue weighted by Gasteiger charge is -2.18. The predicted molar refractivity (Wildman–Crippen MR) is 134 cm³/mol. The van der Waals surface area contributed by atoms with E-state index in [-0.39, 0.29) is 11.8 Å². The predicted octanol–water partition coefficient (Wildman–Crippen LogP) is 4.63. The zero-order chi connectivity index (χ0) is 24.2. The Labute approximate surface area is 202 Å². The van der Waals surface area contributed by atoms with Crippen LogP contribution in [-0.2, 0) is 17.6 Å². The van der Waals surface area contributed by atoms with E-state index in [1.54, 1.807) is 43.3 Å². The Balaban J connectivity index is 1.41. The van der Waals surface area contributed by atoms with Crippen molar-refractivity contribution in [2.75, 3.05) is 10.6 Å². The van der Waals surface area contributed by atoms with E-state index < -0.39 is 12.0 Å². The summed E-state index contributed by atoms with van der Waals surface area (Å²) in [5.74, 6) is -0.127. The molecule has 1 aliphatic rings. The van der Waals surface area contributed by atoms with Gasteiger partial charge in [-0.25, -0.2) is 0 Å². The number of carbonyl (C=O) groups is 3. The van der Waals surface area contributed by atoms with Crippen LogP contribution >= 0.6 is 11.3 Å². The number of benzene rings is 2. The molecule has 2 atom stereocenters. The zero-order valence-corrected chi connectivity index (χ0v) is 19.9. The molecule has 4 rings (SSSR count).